The summed E-state index contributed by atoms with van der Waals surface area (Å²) in [6.07, 6.45) is 14.5. The van der Waals surface area contributed by atoms with E-state index in [0.29, 0.717) is 11.5 Å². The first kappa shape index (κ1) is 22.2. The maximum Gasteiger partial charge on any atom is 0.00105 e. The molecule has 1 heteroatoms. The van der Waals surface area contributed by atoms with Crippen molar-refractivity contribution in [2.75, 3.05) is 0 Å². The number of rotatable bonds is 14. The fourth-order valence-corrected chi connectivity index (χ4v) is 4.18. The van der Waals surface area contributed by atoms with Gasteiger partial charge in [-0.15, -0.1) is 0 Å². The second kappa shape index (κ2) is 12.5. The fraction of sp³-hybridized carbons (Fsp3) is 0.750. The highest BCUT2D eigenvalue weighted by molar-refractivity contribution is 5.16. The van der Waals surface area contributed by atoms with Crippen molar-refractivity contribution >= 4 is 0 Å². The molecule has 25 heavy (non-hydrogen) atoms. The van der Waals surface area contributed by atoms with Gasteiger partial charge in [-0.1, -0.05) is 89.6 Å². The van der Waals surface area contributed by atoms with Gasteiger partial charge in [-0.2, -0.15) is 0 Å². The molecule has 0 saturated heterocycles. The molecule has 0 heterocycles. The third-order valence-electron chi connectivity index (χ3n) is 6.16. The number of nitrogens with two attached hydrogens (primary N) is 1. The molecule has 1 rings (SSSR count). The molecule has 1 nitrogen and oxygen atoms in total. The average molecular weight is 346 g/mol. The highest BCUT2D eigenvalue weighted by atomic mass is 14.6. The van der Waals surface area contributed by atoms with Gasteiger partial charge in [0.05, 0.1) is 0 Å². The molecule has 0 spiro atoms. The van der Waals surface area contributed by atoms with Gasteiger partial charge in [0.2, 0.25) is 0 Å². The van der Waals surface area contributed by atoms with Crippen molar-refractivity contribution < 1.29 is 0 Å². The first-order valence-electron chi connectivity index (χ1n) is 10.8. The molecule has 144 valence electrons. The third kappa shape index (κ3) is 8.90. The second-order valence-electron chi connectivity index (χ2n) is 8.34. The van der Waals surface area contributed by atoms with E-state index in [1.54, 1.807) is 0 Å². The van der Waals surface area contributed by atoms with Gasteiger partial charge in [-0.25, -0.2) is 0 Å². The van der Waals surface area contributed by atoms with Crippen LogP contribution in [-0.2, 0) is 6.42 Å². The zero-order chi connectivity index (χ0) is 18.5. The van der Waals surface area contributed by atoms with Crippen LogP contribution in [-0.4, -0.2) is 6.04 Å². The van der Waals surface area contributed by atoms with E-state index in [9.17, 15) is 0 Å². The van der Waals surface area contributed by atoms with E-state index in [2.05, 4.69) is 58.0 Å². The molecule has 0 aliphatic rings. The summed E-state index contributed by atoms with van der Waals surface area (Å²) in [5.74, 6) is 0.864. The Kier molecular flexibility index (Phi) is 11.1. The average Bonchev–Trinajstić information content (AvgIpc) is 2.63. The summed E-state index contributed by atoms with van der Waals surface area (Å²) in [6, 6.07) is 11.5. The van der Waals surface area contributed by atoms with Crippen LogP contribution in [0.5, 0.6) is 0 Å². The van der Waals surface area contributed by atoms with Gasteiger partial charge in [0.25, 0.3) is 0 Å². The Morgan fingerprint density at radius 2 is 1.60 bits per heavy atom. The van der Waals surface area contributed by atoms with Crippen LogP contribution < -0.4 is 5.73 Å². The zero-order valence-electron chi connectivity index (χ0n) is 17.4. The van der Waals surface area contributed by atoms with Crippen molar-refractivity contribution in [1.29, 1.82) is 0 Å². The number of unbranched alkanes of at least 4 members (excludes halogenated alkanes) is 1. The van der Waals surface area contributed by atoms with Crippen LogP contribution in [0.15, 0.2) is 30.3 Å². The minimum atomic E-state index is 0.353. The summed E-state index contributed by atoms with van der Waals surface area (Å²) in [5, 5.41) is 0. The molecule has 2 N–H and O–H groups in total. The van der Waals surface area contributed by atoms with E-state index in [4.69, 9.17) is 5.73 Å². The Balaban J connectivity index is 2.62. The molecule has 0 aliphatic carbocycles. The maximum atomic E-state index is 5.96. The molecule has 3 atom stereocenters. The largest absolute Gasteiger partial charge is 0.328 e. The van der Waals surface area contributed by atoms with Crippen LogP contribution in [0.25, 0.3) is 0 Å². The fourth-order valence-electron chi connectivity index (χ4n) is 4.18. The van der Waals surface area contributed by atoms with Crippen molar-refractivity contribution in [3.05, 3.63) is 35.9 Å². The van der Waals surface area contributed by atoms with Crippen molar-refractivity contribution in [2.24, 2.45) is 17.1 Å². The lowest BCUT2D eigenvalue weighted by Gasteiger charge is -2.34. The number of hydrogen-bond acceptors (Lipinski definition) is 1. The lowest BCUT2D eigenvalue weighted by Crippen LogP contribution is -2.23. The molecule has 0 aliphatic heterocycles. The minimum absolute atomic E-state index is 0.353. The minimum Gasteiger partial charge on any atom is -0.328 e. The topological polar surface area (TPSA) is 26.0 Å². The normalized spacial score (nSPS) is 16.4. The van der Waals surface area contributed by atoms with E-state index in [1.807, 2.05) is 0 Å². The predicted octanol–water partition coefficient (Wildman–Crippen LogP) is 7.14. The molecule has 0 aromatic heterocycles. The highest BCUT2D eigenvalue weighted by Gasteiger charge is 2.27. The van der Waals surface area contributed by atoms with Crippen LogP contribution in [0.2, 0.25) is 0 Å². The molecule has 1 aromatic carbocycles. The smallest absolute Gasteiger partial charge is 0.00105 e. The molecule has 0 radical (unpaired) electrons. The van der Waals surface area contributed by atoms with E-state index in [0.717, 1.165) is 5.92 Å². The highest BCUT2D eigenvalue weighted by Crippen LogP contribution is 2.39. The standard InChI is InChI=1S/C24H43N/c1-5-8-18-24(7-3,20-23-13-10-9-11-14-23)19-12-15-22(6-2)17-16-21(4)25/h9-11,13-14,21-22H,5-8,12,15-20,25H2,1-4H3. The van der Waals surface area contributed by atoms with Crippen molar-refractivity contribution in [2.45, 2.75) is 104 Å². The Morgan fingerprint density at radius 1 is 0.920 bits per heavy atom. The third-order valence-corrected chi connectivity index (χ3v) is 6.16. The summed E-state index contributed by atoms with van der Waals surface area (Å²) in [7, 11) is 0. The van der Waals surface area contributed by atoms with Gasteiger partial charge >= 0.3 is 0 Å². The second-order valence-corrected chi connectivity index (χ2v) is 8.34. The van der Waals surface area contributed by atoms with E-state index >= 15 is 0 Å². The SMILES string of the molecule is CCCCC(CC)(CCCC(CC)CCC(C)N)Cc1ccccc1. The van der Waals surface area contributed by atoms with Crippen molar-refractivity contribution in [3.63, 3.8) is 0 Å². The van der Waals surface area contributed by atoms with Gasteiger partial charge in [0, 0.05) is 6.04 Å². The molecule has 0 bridgehead atoms. The lowest BCUT2D eigenvalue weighted by molar-refractivity contribution is 0.205. The molecular formula is C24H43N. The summed E-state index contributed by atoms with van der Waals surface area (Å²) in [6.45, 7) is 9.22. The van der Waals surface area contributed by atoms with E-state index < -0.39 is 0 Å². The number of benzene rings is 1. The first-order valence-corrected chi connectivity index (χ1v) is 10.8. The zero-order valence-corrected chi connectivity index (χ0v) is 17.4. The van der Waals surface area contributed by atoms with E-state index in [1.165, 1.54) is 76.2 Å². The quantitative estimate of drug-likeness (QED) is 0.381. The molecule has 0 amide bonds. The molecule has 0 fully saturated rings. The monoisotopic (exact) mass is 345 g/mol. The Labute approximate surface area is 157 Å². The molecule has 1 aromatic rings. The Hall–Kier alpha value is -0.820. The van der Waals surface area contributed by atoms with Gasteiger partial charge in [-0.3, -0.25) is 0 Å². The van der Waals surface area contributed by atoms with Crippen LogP contribution in [0.4, 0.5) is 0 Å². The first-order chi connectivity index (χ1) is 12.0. The van der Waals surface area contributed by atoms with Crippen LogP contribution in [0, 0.1) is 11.3 Å². The summed E-state index contributed by atoms with van der Waals surface area (Å²) in [5.41, 5.74) is 7.97. The number of hydrogen-bond donors (Lipinski definition) is 1. The van der Waals surface area contributed by atoms with Gasteiger partial charge < -0.3 is 5.73 Å². The van der Waals surface area contributed by atoms with Gasteiger partial charge in [-0.05, 0) is 55.9 Å². The maximum absolute atomic E-state index is 5.96. The Morgan fingerprint density at radius 3 is 2.16 bits per heavy atom. The summed E-state index contributed by atoms with van der Waals surface area (Å²) in [4.78, 5) is 0. The van der Waals surface area contributed by atoms with Crippen molar-refractivity contribution in [3.8, 4) is 0 Å². The molecule has 3 unspecified atom stereocenters. The van der Waals surface area contributed by atoms with E-state index in [-0.39, 0.29) is 0 Å². The van der Waals surface area contributed by atoms with Gasteiger partial charge in [0.1, 0.15) is 0 Å². The Bertz CT molecular complexity index is 425. The summed E-state index contributed by atoms with van der Waals surface area (Å²) < 4.78 is 0. The summed E-state index contributed by atoms with van der Waals surface area (Å²) >= 11 is 0. The molecule has 0 saturated carbocycles. The van der Waals surface area contributed by atoms with Gasteiger partial charge in [0.15, 0.2) is 0 Å². The van der Waals surface area contributed by atoms with Crippen LogP contribution in [0.1, 0.15) is 97.5 Å². The lowest BCUT2D eigenvalue weighted by atomic mass is 9.71. The van der Waals surface area contributed by atoms with Crippen molar-refractivity contribution in [1.82, 2.24) is 0 Å². The molecular weight excluding hydrogens is 302 g/mol. The van der Waals surface area contributed by atoms with Crippen LogP contribution >= 0.6 is 0 Å². The van der Waals surface area contributed by atoms with Crippen LogP contribution in [0.3, 0.4) is 0 Å². The predicted molar refractivity (Wildman–Crippen MR) is 113 cm³/mol.